The van der Waals surface area contributed by atoms with Gasteiger partial charge in [-0.05, 0) is 60.3 Å². The van der Waals surface area contributed by atoms with Gasteiger partial charge in [-0.2, -0.15) is 0 Å². The standard InChI is InChI=1S/C29H27N3O5/c1-37-29(35)23-8-4-3-7-22(23)28(34)20-10-12-26(24(18-20)30-36)31-16-14-21(15-17-31)32-25-9-5-2-6-19(25)11-13-27(32)33/h2-10,12,18,21H,11,13-17H2,1H3. The van der Waals surface area contributed by atoms with Crippen molar-refractivity contribution in [2.24, 2.45) is 5.18 Å². The van der Waals surface area contributed by atoms with E-state index in [1.54, 1.807) is 30.3 Å². The minimum Gasteiger partial charge on any atom is -0.465 e. The Kier molecular flexibility index (Phi) is 6.81. The Hall–Kier alpha value is -4.33. The highest BCUT2D eigenvalue weighted by molar-refractivity contribution is 6.15. The summed E-state index contributed by atoms with van der Waals surface area (Å²) < 4.78 is 4.79. The second-order valence-electron chi connectivity index (χ2n) is 9.27. The van der Waals surface area contributed by atoms with Crippen LogP contribution in [0.5, 0.6) is 0 Å². The minimum absolute atomic E-state index is 0.0912. The van der Waals surface area contributed by atoms with Gasteiger partial charge in [0.1, 0.15) is 5.69 Å². The Morgan fingerprint density at radius 1 is 0.892 bits per heavy atom. The second kappa shape index (κ2) is 10.3. The number of ether oxygens (including phenoxy) is 1. The molecule has 5 rings (SSSR count). The average molecular weight is 498 g/mol. The zero-order chi connectivity index (χ0) is 25.9. The molecule has 37 heavy (non-hydrogen) atoms. The number of fused-ring (bicyclic) bond motifs is 1. The van der Waals surface area contributed by atoms with Gasteiger partial charge in [0.15, 0.2) is 5.78 Å². The Morgan fingerprint density at radius 3 is 2.32 bits per heavy atom. The lowest BCUT2D eigenvalue weighted by Crippen LogP contribution is -2.49. The fourth-order valence-electron chi connectivity index (χ4n) is 5.35. The third kappa shape index (κ3) is 4.62. The first-order valence-corrected chi connectivity index (χ1v) is 12.4. The Bertz CT molecular complexity index is 1380. The fourth-order valence-corrected chi connectivity index (χ4v) is 5.35. The molecule has 0 radical (unpaired) electrons. The van der Waals surface area contributed by atoms with E-state index in [2.05, 4.69) is 16.1 Å². The molecule has 0 atom stereocenters. The molecule has 8 heteroatoms. The van der Waals surface area contributed by atoms with Crippen molar-refractivity contribution < 1.29 is 19.1 Å². The van der Waals surface area contributed by atoms with E-state index in [9.17, 15) is 19.3 Å². The van der Waals surface area contributed by atoms with E-state index >= 15 is 0 Å². The summed E-state index contributed by atoms with van der Waals surface area (Å²) >= 11 is 0. The average Bonchev–Trinajstić information content (AvgIpc) is 2.96. The Labute approximate surface area is 214 Å². The molecule has 2 aliphatic rings. The van der Waals surface area contributed by atoms with Crippen LogP contribution in [0, 0.1) is 4.91 Å². The first-order chi connectivity index (χ1) is 18.0. The monoisotopic (exact) mass is 497 g/mol. The van der Waals surface area contributed by atoms with Crippen LogP contribution in [0.4, 0.5) is 17.1 Å². The number of nitroso groups, excluding NO2 is 1. The number of nitrogens with zero attached hydrogens (tertiary/aromatic N) is 3. The molecule has 0 saturated carbocycles. The number of amides is 1. The van der Waals surface area contributed by atoms with E-state index in [-0.39, 0.29) is 34.3 Å². The van der Waals surface area contributed by atoms with Crippen molar-refractivity contribution in [3.05, 3.63) is 93.9 Å². The number of benzene rings is 3. The normalized spacial score (nSPS) is 15.8. The predicted octanol–water partition coefficient (Wildman–Crippen LogP) is 5.05. The Balaban J connectivity index is 1.34. The maximum absolute atomic E-state index is 13.2. The summed E-state index contributed by atoms with van der Waals surface area (Å²) in [4.78, 5) is 53.9. The van der Waals surface area contributed by atoms with Crippen molar-refractivity contribution in [2.45, 2.75) is 31.7 Å². The predicted molar refractivity (Wildman–Crippen MR) is 141 cm³/mol. The molecule has 2 aliphatic heterocycles. The van der Waals surface area contributed by atoms with Gasteiger partial charge in [0.05, 0.1) is 18.4 Å². The van der Waals surface area contributed by atoms with Crippen LogP contribution in [0.1, 0.15) is 51.1 Å². The molecule has 0 bridgehead atoms. The first-order valence-electron chi connectivity index (χ1n) is 12.4. The van der Waals surface area contributed by atoms with Crippen LogP contribution >= 0.6 is 0 Å². The van der Waals surface area contributed by atoms with Crippen LogP contribution in [0.3, 0.4) is 0 Å². The maximum Gasteiger partial charge on any atom is 0.338 e. The molecule has 0 aromatic heterocycles. The molecular weight excluding hydrogens is 470 g/mol. The van der Waals surface area contributed by atoms with Gasteiger partial charge in [-0.15, -0.1) is 4.91 Å². The summed E-state index contributed by atoms with van der Waals surface area (Å²) in [5.74, 6) is -0.840. The molecule has 188 valence electrons. The number of anilines is 2. The molecule has 1 saturated heterocycles. The van der Waals surface area contributed by atoms with Crippen molar-refractivity contribution in [1.82, 2.24) is 0 Å². The molecule has 8 nitrogen and oxygen atoms in total. The van der Waals surface area contributed by atoms with E-state index in [0.29, 0.717) is 25.2 Å². The van der Waals surface area contributed by atoms with Crippen LogP contribution in [-0.4, -0.2) is 43.9 Å². The van der Waals surface area contributed by atoms with E-state index in [1.807, 2.05) is 23.1 Å². The number of para-hydroxylation sites is 1. The number of methoxy groups -OCH3 is 1. The van der Waals surface area contributed by atoms with Crippen molar-refractivity contribution >= 4 is 34.7 Å². The van der Waals surface area contributed by atoms with Crippen molar-refractivity contribution in [3.63, 3.8) is 0 Å². The summed E-state index contributed by atoms with van der Waals surface area (Å²) in [6, 6.07) is 19.4. The molecule has 0 aliphatic carbocycles. The highest BCUT2D eigenvalue weighted by atomic mass is 16.5. The molecular formula is C29H27N3O5. The van der Waals surface area contributed by atoms with Gasteiger partial charge in [-0.1, -0.05) is 36.4 Å². The van der Waals surface area contributed by atoms with Crippen LogP contribution in [-0.2, 0) is 16.0 Å². The lowest BCUT2D eigenvalue weighted by molar-refractivity contribution is -0.119. The summed E-state index contributed by atoms with van der Waals surface area (Å²) in [7, 11) is 1.26. The van der Waals surface area contributed by atoms with Gasteiger partial charge in [-0.3, -0.25) is 9.59 Å². The number of carbonyl (C=O) groups excluding carboxylic acids is 3. The SMILES string of the molecule is COC(=O)c1ccccc1C(=O)c1ccc(N2CCC(N3C(=O)CCc4ccccc43)CC2)c(N=O)c1. The number of ketones is 1. The highest BCUT2D eigenvalue weighted by Gasteiger charge is 2.33. The fraction of sp³-hybridized carbons (Fsp3) is 0.276. The number of rotatable bonds is 6. The zero-order valence-corrected chi connectivity index (χ0v) is 20.6. The number of esters is 1. The van der Waals surface area contributed by atoms with Crippen molar-refractivity contribution in [3.8, 4) is 0 Å². The number of piperidine rings is 1. The van der Waals surface area contributed by atoms with Gasteiger partial charge in [-0.25, -0.2) is 4.79 Å². The smallest absolute Gasteiger partial charge is 0.338 e. The van der Waals surface area contributed by atoms with Crippen LogP contribution in [0.25, 0.3) is 0 Å². The van der Waals surface area contributed by atoms with Gasteiger partial charge in [0, 0.05) is 42.4 Å². The summed E-state index contributed by atoms with van der Waals surface area (Å²) in [6.45, 7) is 1.30. The van der Waals surface area contributed by atoms with E-state index < -0.39 is 11.8 Å². The topological polar surface area (TPSA) is 96.4 Å². The lowest BCUT2D eigenvalue weighted by Gasteiger charge is -2.41. The number of hydrogen-bond donors (Lipinski definition) is 0. The van der Waals surface area contributed by atoms with Crippen LogP contribution < -0.4 is 9.80 Å². The van der Waals surface area contributed by atoms with Gasteiger partial charge < -0.3 is 14.5 Å². The minimum atomic E-state index is -0.605. The van der Waals surface area contributed by atoms with Gasteiger partial charge >= 0.3 is 5.97 Å². The zero-order valence-electron chi connectivity index (χ0n) is 20.6. The van der Waals surface area contributed by atoms with Crippen molar-refractivity contribution in [1.29, 1.82) is 0 Å². The molecule has 1 amide bonds. The largest absolute Gasteiger partial charge is 0.465 e. The molecule has 1 fully saturated rings. The summed E-state index contributed by atoms with van der Waals surface area (Å²) in [6.07, 6.45) is 2.80. The van der Waals surface area contributed by atoms with Gasteiger partial charge in [0.25, 0.3) is 0 Å². The molecule has 0 unspecified atom stereocenters. The number of carbonyl (C=O) groups is 3. The van der Waals surface area contributed by atoms with Crippen LogP contribution in [0.2, 0.25) is 0 Å². The van der Waals surface area contributed by atoms with Crippen LogP contribution in [0.15, 0.2) is 71.9 Å². The van der Waals surface area contributed by atoms with Crippen molar-refractivity contribution in [2.75, 3.05) is 30.0 Å². The second-order valence-corrected chi connectivity index (χ2v) is 9.27. The summed E-state index contributed by atoms with van der Waals surface area (Å²) in [5, 5.41) is 3.21. The third-order valence-electron chi connectivity index (χ3n) is 7.21. The van der Waals surface area contributed by atoms with E-state index in [0.717, 1.165) is 24.9 Å². The first kappa shape index (κ1) is 24.4. The molecule has 0 spiro atoms. The molecule has 3 aromatic carbocycles. The third-order valence-corrected chi connectivity index (χ3v) is 7.21. The molecule has 2 heterocycles. The van der Waals surface area contributed by atoms with E-state index in [1.165, 1.54) is 24.8 Å². The summed E-state index contributed by atoms with van der Waals surface area (Å²) in [5.41, 5.74) is 3.64. The quantitative estimate of drug-likeness (QED) is 0.269. The lowest BCUT2D eigenvalue weighted by atomic mass is 9.94. The number of aryl methyl sites for hydroxylation is 1. The van der Waals surface area contributed by atoms with E-state index in [4.69, 9.17) is 4.74 Å². The Morgan fingerprint density at radius 2 is 1.59 bits per heavy atom. The highest BCUT2D eigenvalue weighted by Crippen LogP contribution is 2.36. The maximum atomic E-state index is 13.2. The number of hydrogen-bond acceptors (Lipinski definition) is 7. The van der Waals surface area contributed by atoms with Gasteiger partial charge in [0.2, 0.25) is 5.91 Å². The molecule has 3 aromatic rings. The molecule has 0 N–H and O–H groups in total.